The number of nitrogens with one attached hydrogen (secondary N) is 1. The molecule has 0 aliphatic carbocycles. The number of carbonyl (C=O) groups is 1. The molecule has 1 amide bonds. The van der Waals surface area contributed by atoms with Crippen molar-refractivity contribution in [3.63, 3.8) is 0 Å². The van der Waals surface area contributed by atoms with Crippen LogP contribution >= 0.6 is 0 Å². The minimum absolute atomic E-state index is 0.115. The molecule has 0 spiro atoms. The van der Waals surface area contributed by atoms with E-state index in [1.807, 2.05) is 13.0 Å². The van der Waals surface area contributed by atoms with Crippen molar-refractivity contribution < 1.29 is 14.5 Å². The van der Waals surface area contributed by atoms with E-state index < -0.39 is 10.8 Å². The van der Waals surface area contributed by atoms with Gasteiger partial charge >= 0.3 is 0 Å². The van der Waals surface area contributed by atoms with Crippen LogP contribution in [0.15, 0.2) is 54.1 Å². The van der Waals surface area contributed by atoms with Crippen molar-refractivity contribution in [2.45, 2.75) is 6.92 Å². The third-order valence-corrected chi connectivity index (χ3v) is 3.18. The van der Waals surface area contributed by atoms with Gasteiger partial charge in [-0.3, -0.25) is 14.9 Å². The Kier molecular flexibility index (Phi) is 5.85. The number of nitro benzene ring substituents is 1. The lowest BCUT2D eigenvalue weighted by atomic mass is 10.1. The van der Waals surface area contributed by atoms with Crippen LogP contribution < -0.4 is 10.1 Å². The molecule has 0 aromatic heterocycles. The number of amides is 1. The van der Waals surface area contributed by atoms with Crippen molar-refractivity contribution in [1.29, 1.82) is 5.26 Å². The number of nitriles is 1. The third-order valence-electron chi connectivity index (χ3n) is 3.18. The second-order valence-corrected chi connectivity index (χ2v) is 4.93. The van der Waals surface area contributed by atoms with Gasteiger partial charge in [-0.1, -0.05) is 18.2 Å². The van der Waals surface area contributed by atoms with Gasteiger partial charge in [0, 0.05) is 17.8 Å². The van der Waals surface area contributed by atoms with Crippen LogP contribution in [0.25, 0.3) is 6.08 Å². The zero-order chi connectivity index (χ0) is 18.2. The van der Waals surface area contributed by atoms with Crippen LogP contribution in [0.3, 0.4) is 0 Å². The molecule has 0 radical (unpaired) electrons. The van der Waals surface area contributed by atoms with E-state index in [0.29, 0.717) is 17.9 Å². The molecule has 7 heteroatoms. The molecule has 2 rings (SSSR count). The summed E-state index contributed by atoms with van der Waals surface area (Å²) in [4.78, 5) is 22.4. The second-order valence-electron chi connectivity index (χ2n) is 4.93. The second kappa shape index (κ2) is 8.26. The number of non-ortho nitro benzene ring substituents is 1. The molecule has 0 heterocycles. The normalized spacial score (nSPS) is 10.6. The van der Waals surface area contributed by atoms with Gasteiger partial charge in [0.25, 0.3) is 11.6 Å². The molecule has 2 aromatic carbocycles. The van der Waals surface area contributed by atoms with E-state index >= 15 is 0 Å². The highest BCUT2D eigenvalue weighted by molar-refractivity contribution is 6.09. The van der Waals surface area contributed by atoms with Crippen LogP contribution in [0.4, 0.5) is 11.4 Å². The molecule has 0 fully saturated rings. The van der Waals surface area contributed by atoms with Crippen molar-refractivity contribution >= 4 is 23.4 Å². The van der Waals surface area contributed by atoms with Crippen LogP contribution in [0, 0.1) is 21.4 Å². The number of nitrogens with zero attached hydrogens (tertiary/aromatic N) is 2. The first kappa shape index (κ1) is 17.7. The van der Waals surface area contributed by atoms with Gasteiger partial charge in [-0.25, -0.2) is 0 Å². The Bertz CT molecular complexity index is 851. The number of anilines is 1. The van der Waals surface area contributed by atoms with E-state index in [9.17, 15) is 20.2 Å². The maximum absolute atomic E-state index is 12.2. The zero-order valence-corrected chi connectivity index (χ0v) is 13.4. The number of hydrogen-bond donors (Lipinski definition) is 1. The summed E-state index contributed by atoms with van der Waals surface area (Å²) >= 11 is 0. The summed E-state index contributed by atoms with van der Waals surface area (Å²) in [5, 5.41) is 22.4. The summed E-state index contributed by atoms with van der Waals surface area (Å²) in [6.07, 6.45) is 1.43. The molecular weight excluding hydrogens is 322 g/mol. The van der Waals surface area contributed by atoms with Gasteiger partial charge in [0.05, 0.1) is 11.5 Å². The molecule has 126 valence electrons. The quantitative estimate of drug-likeness (QED) is 0.375. The van der Waals surface area contributed by atoms with E-state index in [-0.39, 0.29) is 16.9 Å². The first-order chi connectivity index (χ1) is 12.0. The van der Waals surface area contributed by atoms with Gasteiger partial charge in [0.2, 0.25) is 0 Å². The number of benzene rings is 2. The topological polar surface area (TPSA) is 105 Å². The fourth-order valence-electron chi connectivity index (χ4n) is 2.04. The molecule has 2 aromatic rings. The highest BCUT2D eigenvalue weighted by atomic mass is 16.6. The van der Waals surface area contributed by atoms with Gasteiger partial charge < -0.3 is 10.1 Å². The van der Waals surface area contributed by atoms with Gasteiger partial charge in [0.1, 0.15) is 17.4 Å². The Morgan fingerprint density at radius 3 is 2.64 bits per heavy atom. The molecule has 0 aliphatic rings. The number of nitro groups is 1. The van der Waals surface area contributed by atoms with E-state index in [4.69, 9.17) is 4.74 Å². The summed E-state index contributed by atoms with van der Waals surface area (Å²) in [5.74, 6) is 0.0519. The summed E-state index contributed by atoms with van der Waals surface area (Å²) in [6.45, 7) is 2.42. The largest absolute Gasteiger partial charge is 0.494 e. The lowest BCUT2D eigenvalue weighted by molar-refractivity contribution is -0.384. The van der Waals surface area contributed by atoms with Gasteiger partial charge in [-0.2, -0.15) is 5.26 Å². The van der Waals surface area contributed by atoms with Crippen LogP contribution in [0.2, 0.25) is 0 Å². The highest BCUT2D eigenvalue weighted by Crippen LogP contribution is 2.19. The molecule has 0 aliphatic heterocycles. The van der Waals surface area contributed by atoms with E-state index in [1.165, 1.54) is 30.3 Å². The molecule has 7 nitrogen and oxygen atoms in total. The molecule has 0 atom stereocenters. The van der Waals surface area contributed by atoms with Crippen LogP contribution in [-0.2, 0) is 4.79 Å². The van der Waals surface area contributed by atoms with Gasteiger partial charge in [-0.15, -0.1) is 0 Å². The Hall–Kier alpha value is -3.66. The SMILES string of the molecule is CCOc1ccc(/C=C(/C#N)C(=O)Nc2cccc([N+](=O)[O-])c2)cc1. The lowest BCUT2D eigenvalue weighted by Gasteiger charge is -2.05. The minimum atomic E-state index is -0.642. The molecule has 0 unspecified atom stereocenters. The smallest absolute Gasteiger partial charge is 0.271 e. The summed E-state index contributed by atoms with van der Waals surface area (Å²) in [7, 11) is 0. The average molecular weight is 337 g/mol. The summed E-state index contributed by atoms with van der Waals surface area (Å²) in [5.41, 5.74) is 0.642. The first-order valence-corrected chi connectivity index (χ1v) is 7.44. The number of rotatable bonds is 6. The van der Waals surface area contributed by atoms with Crippen LogP contribution in [-0.4, -0.2) is 17.4 Å². The molecular formula is C18H15N3O4. The molecule has 25 heavy (non-hydrogen) atoms. The number of carbonyl (C=O) groups excluding carboxylic acids is 1. The zero-order valence-electron chi connectivity index (χ0n) is 13.4. The van der Waals surface area contributed by atoms with E-state index in [2.05, 4.69) is 5.32 Å². The van der Waals surface area contributed by atoms with Crippen molar-refractivity contribution in [2.75, 3.05) is 11.9 Å². The Labute approximate surface area is 144 Å². The van der Waals surface area contributed by atoms with Crippen molar-refractivity contribution in [2.24, 2.45) is 0 Å². The maximum Gasteiger partial charge on any atom is 0.271 e. The average Bonchev–Trinajstić information content (AvgIpc) is 2.61. The number of hydrogen-bond acceptors (Lipinski definition) is 5. The summed E-state index contributed by atoms with van der Waals surface area (Å²) < 4.78 is 5.33. The van der Waals surface area contributed by atoms with E-state index in [0.717, 1.165) is 0 Å². The Morgan fingerprint density at radius 2 is 2.04 bits per heavy atom. The van der Waals surface area contributed by atoms with Crippen molar-refractivity contribution in [1.82, 2.24) is 0 Å². The fraction of sp³-hybridized carbons (Fsp3) is 0.111. The first-order valence-electron chi connectivity index (χ1n) is 7.44. The van der Waals surface area contributed by atoms with Gasteiger partial charge in [-0.05, 0) is 36.8 Å². The monoisotopic (exact) mass is 337 g/mol. The maximum atomic E-state index is 12.2. The molecule has 0 saturated carbocycles. The lowest BCUT2D eigenvalue weighted by Crippen LogP contribution is -2.13. The summed E-state index contributed by atoms with van der Waals surface area (Å²) in [6, 6.07) is 14.3. The Balaban J connectivity index is 2.16. The third kappa shape index (κ3) is 4.91. The van der Waals surface area contributed by atoms with Crippen molar-refractivity contribution in [3.8, 4) is 11.8 Å². The van der Waals surface area contributed by atoms with Crippen LogP contribution in [0.1, 0.15) is 12.5 Å². The molecule has 0 saturated heterocycles. The van der Waals surface area contributed by atoms with Crippen LogP contribution in [0.5, 0.6) is 5.75 Å². The van der Waals surface area contributed by atoms with Gasteiger partial charge in [0.15, 0.2) is 0 Å². The standard InChI is InChI=1S/C18H15N3O4/c1-2-25-17-8-6-13(7-9-17)10-14(12-19)18(22)20-15-4-3-5-16(11-15)21(23)24/h3-11H,2H2,1H3,(H,20,22)/b14-10-. The predicted octanol–water partition coefficient (Wildman–Crippen LogP) is 3.54. The number of ether oxygens (including phenoxy) is 1. The molecule has 1 N–H and O–H groups in total. The predicted molar refractivity (Wildman–Crippen MR) is 92.9 cm³/mol. The highest BCUT2D eigenvalue weighted by Gasteiger charge is 2.12. The van der Waals surface area contributed by atoms with Crippen molar-refractivity contribution in [3.05, 3.63) is 69.8 Å². The minimum Gasteiger partial charge on any atom is -0.494 e. The fourth-order valence-corrected chi connectivity index (χ4v) is 2.04. The Morgan fingerprint density at radius 1 is 1.32 bits per heavy atom. The van der Waals surface area contributed by atoms with E-state index in [1.54, 1.807) is 24.3 Å². The molecule has 0 bridgehead atoms.